The number of nitrogens with zero attached hydrogens (tertiary/aromatic N) is 1. The van der Waals surface area contributed by atoms with Crippen molar-refractivity contribution in [3.8, 4) is 0 Å². The number of nitro groups is 1. The molecule has 122 valence electrons. The highest BCUT2D eigenvalue weighted by molar-refractivity contribution is 7.88. The molecule has 0 aliphatic rings. The largest absolute Gasteiger partial charge is 0.273 e. The third-order valence-corrected chi connectivity index (χ3v) is 4.89. The summed E-state index contributed by atoms with van der Waals surface area (Å²) in [6, 6.07) is 10.4. The summed E-state index contributed by atoms with van der Waals surface area (Å²) < 4.78 is 26.6. The molecule has 23 heavy (non-hydrogen) atoms. The fourth-order valence-electron chi connectivity index (χ4n) is 1.92. The molecule has 0 atom stereocenters. The van der Waals surface area contributed by atoms with Crippen molar-refractivity contribution in [3.63, 3.8) is 0 Å². The molecule has 0 aliphatic carbocycles. The van der Waals surface area contributed by atoms with Crippen molar-refractivity contribution in [1.29, 1.82) is 0 Å². The van der Waals surface area contributed by atoms with E-state index in [-0.39, 0.29) is 17.8 Å². The van der Waals surface area contributed by atoms with Gasteiger partial charge in [0.2, 0.25) is 10.0 Å². The van der Waals surface area contributed by atoms with E-state index in [0.717, 1.165) is 0 Å². The minimum atomic E-state index is -3.76. The van der Waals surface area contributed by atoms with Crippen LogP contribution in [-0.4, -0.2) is 13.3 Å². The quantitative estimate of drug-likeness (QED) is 0.618. The number of para-hydroxylation sites is 1. The third-order valence-electron chi connectivity index (χ3n) is 3.03. The van der Waals surface area contributed by atoms with Gasteiger partial charge in [-0.1, -0.05) is 47.5 Å². The minimum absolute atomic E-state index is 0.0288. The number of halogens is 2. The zero-order valence-corrected chi connectivity index (χ0v) is 14.0. The number of sulfonamides is 1. The Morgan fingerprint density at radius 3 is 2.43 bits per heavy atom. The van der Waals surface area contributed by atoms with Gasteiger partial charge in [-0.05, 0) is 17.7 Å². The van der Waals surface area contributed by atoms with Crippen molar-refractivity contribution in [2.45, 2.75) is 12.3 Å². The smallest absolute Gasteiger partial charge is 0.258 e. The molecule has 0 saturated carbocycles. The Balaban J connectivity index is 2.12. The number of benzene rings is 2. The molecule has 6 nitrogen and oxygen atoms in total. The van der Waals surface area contributed by atoms with Crippen LogP contribution in [0.15, 0.2) is 42.5 Å². The molecular formula is C14H12Cl2N2O4S. The summed E-state index contributed by atoms with van der Waals surface area (Å²) in [5.41, 5.74) is 0.441. The van der Waals surface area contributed by atoms with Gasteiger partial charge in [-0.3, -0.25) is 10.1 Å². The molecule has 0 amide bonds. The highest BCUT2D eigenvalue weighted by Gasteiger charge is 2.19. The first-order chi connectivity index (χ1) is 10.8. The maximum absolute atomic E-state index is 12.1. The Hall–Kier alpha value is -1.67. The summed E-state index contributed by atoms with van der Waals surface area (Å²) in [5.74, 6) is -0.491. The van der Waals surface area contributed by atoms with Gasteiger partial charge >= 0.3 is 0 Å². The average Bonchev–Trinajstić information content (AvgIpc) is 2.46. The van der Waals surface area contributed by atoms with Crippen LogP contribution in [0.5, 0.6) is 0 Å². The third kappa shape index (κ3) is 4.90. The van der Waals surface area contributed by atoms with Gasteiger partial charge in [0.1, 0.15) is 0 Å². The van der Waals surface area contributed by atoms with Crippen molar-refractivity contribution in [2.75, 3.05) is 0 Å². The number of hydrogen-bond acceptors (Lipinski definition) is 4. The van der Waals surface area contributed by atoms with E-state index in [1.165, 1.54) is 24.3 Å². The standard InChI is InChI=1S/C14H12Cl2N2O4S/c15-12-6-5-10(13(16)7-12)8-17-23(21,22)9-11-3-1-2-4-14(11)18(19)20/h1-7,17H,8-9H2. The van der Waals surface area contributed by atoms with E-state index in [1.807, 2.05) is 0 Å². The molecule has 1 N–H and O–H groups in total. The van der Waals surface area contributed by atoms with Crippen LogP contribution < -0.4 is 4.72 Å². The fraction of sp³-hybridized carbons (Fsp3) is 0.143. The second kappa shape index (κ2) is 7.27. The maximum Gasteiger partial charge on any atom is 0.273 e. The van der Waals surface area contributed by atoms with Crippen molar-refractivity contribution in [1.82, 2.24) is 4.72 Å². The second-order valence-electron chi connectivity index (χ2n) is 4.70. The highest BCUT2D eigenvalue weighted by Crippen LogP contribution is 2.22. The molecular weight excluding hydrogens is 363 g/mol. The first-order valence-corrected chi connectivity index (χ1v) is 8.83. The summed E-state index contributed by atoms with van der Waals surface area (Å²) in [6.07, 6.45) is 0. The Labute approximate surface area is 143 Å². The Bertz CT molecular complexity index is 840. The van der Waals surface area contributed by atoms with Crippen LogP contribution in [0.3, 0.4) is 0 Å². The van der Waals surface area contributed by atoms with E-state index in [0.29, 0.717) is 15.6 Å². The van der Waals surface area contributed by atoms with Crippen molar-refractivity contribution >= 4 is 38.9 Å². The molecule has 0 fully saturated rings. The minimum Gasteiger partial charge on any atom is -0.258 e. The molecule has 0 bridgehead atoms. The van der Waals surface area contributed by atoms with Crippen LogP contribution in [0, 0.1) is 10.1 Å². The molecule has 2 aromatic carbocycles. The normalized spacial score (nSPS) is 11.4. The molecule has 2 rings (SSSR count). The van der Waals surface area contributed by atoms with Crippen LogP contribution >= 0.6 is 23.2 Å². The van der Waals surface area contributed by atoms with Gasteiger partial charge < -0.3 is 0 Å². The first kappa shape index (κ1) is 17.7. The SMILES string of the molecule is O=[N+]([O-])c1ccccc1CS(=O)(=O)NCc1ccc(Cl)cc1Cl. The van der Waals surface area contributed by atoms with Crippen LogP contribution in [0.4, 0.5) is 5.69 Å². The summed E-state index contributed by atoms with van der Waals surface area (Å²) in [7, 11) is -3.76. The van der Waals surface area contributed by atoms with Crippen LogP contribution in [0.25, 0.3) is 0 Å². The van der Waals surface area contributed by atoms with E-state index < -0.39 is 20.7 Å². The topological polar surface area (TPSA) is 89.3 Å². The van der Waals surface area contributed by atoms with Gasteiger partial charge in [0.25, 0.3) is 5.69 Å². The first-order valence-electron chi connectivity index (χ1n) is 6.42. The van der Waals surface area contributed by atoms with E-state index in [4.69, 9.17) is 23.2 Å². The lowest BCUT2D eigenvalue weighted by Crippen LogP contribution is -2.25. The Morgan fingerprint density at radius 2 is 1.78 bits per heavy atom. The molecule has 0 spiro atoms. The zero-order chi connectivity index (χ0) is 17.0. The number of rotatable bonds is 6. The lowest BCUT2D eigenvalue weighted by atomic mass is 10.2. The monoisotopic (exact) mass is 374 g/mol. The van der Waals surface area contributed by atoms with E-state index >= 15 is 0 Å². The number of hydrogen-bond donors (Lipinski definition) is 1. The average molecular weight is 375 g/mol. The summed E-state index contributed by atoms with van der Waals surface area (Å²) in [6.45, 7) is -0.0288. The Kier molecular flexibility index (Phi) is 5.59. The zero-order valence-electron chi connectivity index (χ0n) is 11.7. The van der Waals surface area contributed by atoms with Crippen LogP contribution in [0.2, 0.25) is 10.0 Å². The van der Waals surface area contributed by atoms with Crippen molar-refractivity contribution in [3.05, 3.63) is 73.8 Å². The summed E-state index contributed by atoms with van der Waals surface area (Å²) in [4.78, 5) is 10.3. The van der Waals surface area contributed by atoms with Crippen LogP contribution in [-0.2, 0) is 22.3 Å². The number of nitrogens with one attached hydrogen (secondary N) is 1. The lowest BCUT2D eigenvalue weighted by Gasteiger charge is -2.09. The predicted molar refractivity (Wildman–Crippen MR) is 89.0 cm³/mol. The van der Waals surface area contributed by atoms with Gasteiger partial charge in [-0.15, -0.1) is 0 Å². The molecule has 0 radical (unpaired) electrons. The van der Waals surface area contributed by atoms with Gasteiger partial charge in [-0.25, -0.2) is 13.1 Å². The van der Waals surface area contributed by atoms with Gasteiger partial charge in [0.15, 0.2) is 0 Å². The molecule has 9 heteroatoms. The van der Waals surface area contributed by atoms with Gasteiger partial charge in [0, 0.05) is 28.2 Å². The Morgan fingerprint density at radius 1 is 1.09 bits per heavy atom. The van der Waals surface area contributed by atoms with E-state index in [2.05, 4.69) is 4.72 Å². The molecule has 0 heterocycles. The maximum atomic E-state index is 12.1. The highest BCUT2D eigenvalue weighted by atomic mass is 35.5. The molecule has 2 aromatic rings. The van der Waals surface area contributed by atoms with Crippen molar-refractivity contribution in [2.24, 2.45) is 0 Å². The van der Waals surface area contributed by atoms with E-state index in [1.54, 1.807) is 18.2 Å². The predicted octanol–water partition coefficient (Wildman–Crippen LogP) is 3.52. The molecule has 0 aliphatic heterocycles. The summed E-state index contributed by atoms with van der Waals surface area (Å²) in [5, 5.41) is 11.7. The summed E-state index contributed by atoms with van der Waals surface area (Å²) >= 11 is 11.8. The number of nitro benzene ring substituents is 1. The van der Waals surface area contributed by atoms with Crippen LogP contribution in [0.1, 0.15) is 11.1 Å². The molecule has 0 aromatic heterocycles. The molecule has 0 unspecified atom stereocenters. The van der Waals surface area contributed by atoms with E-state index in [9.17, 15) is 18.5 Å². The van der Waals surface area contributed by atoms with Crippen molar-refractivity contribution < 1.29 is 13.3 Å². The molecule has 0 saturated heterocycles. The second-order valence-corrected chi connectivity index (χ2v) is 7.35. The van der Waals surface area contributed by atoms with Gasteiger partial charge in [0.05, 0.1) is 10.7 Å². The fourth-order valence-corrected chi connectivity index (χ4v) is 3.53. The van der Waals surface area contributed by atoms with Gasteiger partial charge in [-0.2, -0.15) is 0 Å². The lowest BCUT2D eigenvalue weighted by molar-refractivity contribution is -0.385.